The number of nitriles is 1. The van der Waals surface area contributed by atoms with E-state index in [1.807, 2.05) is 17.5 Å². The molecule has 0 N–H and O–H groups in total. The van der Waals surface area contributed by atoms with Crippen molar-refractivity contribution in [3.63, 3.8) is 0 Å². The molecule has 0 radical (unpaired) electrons. The van der Waals surface area contributed by atoms with E-state index in [9.17, 15) is 0 Å². The summed E-state index contributed by atoms with van der Waals surface area (Å²) in [5, 5.41) is 9.81. The molecule has 0 amide bonds. The summed E-state index contributed by atoms with van der Waals surface area (Å²) in [6.07, 6.45) is 0. The number of halogens is 2. The van der Waals surface area contributed by atoms with E-state index >= 15 is 0 Å². The first-order valence-electron chi connectivity index (χ1n) is 2.51. The number of nitrogens with zero attached hydrogens (tertiary/aromatic N) is 1. The number of hydrogen-bond acceptors (Lipinski definition) is 2. The van der Waals surface area contributed by atoms with Crippen molar-refractivity contribution in [2.75, 3.05) is 0 Å². The second kappa shape index (κ2) is 3.38. The molecule has 0 aromatic carbocycles. The second-order valence-electron chi connectivity index (χ2n) is 1.66. The molecule has 1 nitrogen and oxygen atoms in total. The normalized spacial score (nSPS) is 12.5. The Labute approximate surface area is 76.4 Å². The minimum absolute atomic E-state index is 0.503. The fourth-order valence-corrected chi connectivity index (χ4v) is 2.10. The maximum Gasteiger partial charge on any atom is 0.154 e. The first kappa shape index (κ1) is 8.06. The van der Waals surface area contributed by atoms with E-state index in [4.69, 9.17) is 16.9 Å². The zero-order valence-corrected chi connectivity index (χ0v) is 8.00. The lowest BCUT2D eigenvalue weighted by Crippen LogP contribution is -1.77. The predicted octanol–water partition coefficient (Wildman–Crippen LogP) is 3.31. The Morgan fingerprint density at radius 2 is 2.50 bits per heavy atom. The second-order valence-corrected chi connectivity index (χ2v) is 3.95. The molecule has 52 valence electrons. The van der Waals surface area contributed by atoms with Gasteiger partial charge in [-0.2, -0.15) is 5.26 Å². The number of hydrogen-bond donors (Lipinski definition) is 0. The van der Waals surface area contributed by atoms with E-state index in [2.05, 4.69) is 15.9 Å². The Hall–Kier alpha value is -0.0400. The average Bonchev–Trinajstić information content (AvgIpc) is 2.34. The molecular formula is C6H3BrClNS. The minimum atomic E-state index is -0.503. The third-order valence-corrected chi connectivity index (χ3v) is 3.17. The molecule has 0 bridgehead atoms. The van der Waals surface area contributed by atoms with Crippen molar-refractivity contribution < 1.29 is 0 Å². The van der Waals surface area contributed by atoms with Crippen molar-refractivity contribution in [1.29, 1.82) is 5.26 Å². The van der Waals surface area contributed by atoms with Crippen molar-refractivity contribution in [1.82, 2.24) is 0 Å². The van der Waals surface area contributed by atoms with Crippen LogP contribution in [0.15, 0.2) is 15.9 Å². The third kappa shape index (κ3) is 1.72. The standard InChI is InChI=1S/C6H3BrClNS/c7-4-1-6(10-3-4)5(8)2-9/h1,3,5H. The summed E-state index contributed by atoms with van der Waals surface area (Å²) in [4.78, 5) is 0.885. The van der Waals surface area contributed by atoms with Gasteiger partial charge in [0.15, 0.2) is 5.38 Å². The summed E-state index contributed by atoms with van der Waals surface area (Å²) in [7, 11) is 0. The third-order valence-electron chi connectivity index (χ3n) is 0.951. The number of rotatable bonds is 1. The van der Waals surface area contributed by atoms with Crippen LogP contribution >= 0.6 is 38.9 Å². The van der Waals surface area contributed by atoms with Gasteiger partial charge in [0.1, 0.15) is 0 Å². The SMILES string of the molecule is N#CC(Cl)c1cc(Br)cs1. The molecule has 1 aromatic rings. The Kier molecular flexibility index (Phi) is 2.72. The molecule has 0 aliphatic carbocycles. The van der Waals surface area contributed by atoms with Crippen molar-refractivity contribution in [3.05, 3.63) is 20.8 Å². The van der Waals surface area contributed by atoms with Crippen molar-refractivity contribution in [3.8, 4) is 6.07 Å². The highest BCUT2D eigenvalue weighted by Gasteiger charge is 2.07. The monoisotopic (exact) mass is 235 g/mol. The molecule has 1 heterocycles. The van der Waals surface area contributed by atoms with Crippen molar-refractivity contribution in [2.45, 2.75) is 5.38 Å². The van der Waals surface area contributed by atoms with E-state index in [1.54, 1.807) is 0 Å². The average molecular weight is 237 g/mol. The molecule has 10 heavy (non-hydrogen) atoms. The molecular weight excluding hydrogens is 233 g/mol. The van der Waals surface area contributed by atoms with Crippen LogP contribution in [0.1, 0.15) is 10.3 Å². The van der Waals surface area contributed by atoms with Crippen LogP contribution in [0, 0.1) is 11.3 Å². The Morgan fingerprint density at radius 1 is 1.80 bits per heavy atom. The lowest BCUT2D eigenvalue weighted by atomic mass is 10.4. The summed E-state index contributed by atoms with van der Waals surface area (Å²) < 4.78 is 0.980. The molecule has 0 aliphatic rings. The quantitative estimate of drug-likeness (QED) is 0.686. The molecule has 4 heteroatoms. The van der Waals surface area contributed by atoms with Gasteiger partial charge < -0.3 is 0 Å². The van der Waals surface area contributed by atoms with Gasteiger partial charge in [0, 0.05) is 14.7 Å². The van der Waals surface area contributed by atoms with Crippen LogP contribution in [-0.4, -0.2) is 0 Å². The number of thiophene rings is 1. The Morgan fingerprint density at radius 3 is 2.90 bits per heavy atom. The van der Waals surface area contributed by atoms with Crippen molar-refractivity contribution >= 4 is 38.9 Å². The van der Waals surface area contributed by atoms with Gasteiger partial charge in [0.05, 0.1) is 6.07 Å². The van der Waals surface area contributed by atoms with Gasteiger partial charge in [0.25, 0.3) is 0 Å². The minimum Gasteiger partial charge on any atom is -0.196 e. The van der Waals surface area contributed by atoms with Crippen LogP contribution in [0.2, 0.25) is 0 Å². The summed E-state index contributed by atoms with van der Waals surface area (Å²) in [6.45, 7) is 0. The Balaban J connectivity index is 2.87. The van der Waals surface area contributed by atoms with E-state index in [1.165, 1.54) is 11.3 Å². The van der Waals surface area contributed by atoms with E-state index < -0.39 is 5.38 Å². The van der Waals surface area contributed by atoms with Crippen LogP contribution < -0.4 is 0 Å². The predicted molar refractivity (Wildman–Crippen MR) is 46.2 cm³/mol. The van der Waals surface area contributed by atoms with E-state index in [-0.39, 0.29) is 0 Å². The lowest BCUT2D eigenvalue weighted by Gasteiger charge is -1.90. The topological polar surface area (TPSA) is 23.8 Å². The van der Waals surface area contributed by atoms with Crippen LogP contribution in [0.3, 0.4) is 0 Å². The lowest BCUT2D eigenvalue weighted by molar-refractivity contribution is 1.26. The summed E-state index contributed by atoms with van der Waals surface area (Å²) in [6, 6.07) is 3.80. The summed E-state index contributed by atoms with van der Waals surface area (Å²) in [5.41, 5.74) is 0. The smallest absolute Gasteiger partial charge is 0.154 e. The molecule has 0 saturated carbocycles. The summed E-state index contributed by atoms with van der Waals surface area (Å²) in [5.74, 6) is 0. The molecule has 0 aliphatic heterocycles. The summed E-state index contributed by atoms with van der Waals surface area (Å²) >= 11 is 10.4. The zero-order chi connectivity index (χ0) is 7.56. The first-order valence-corrected chi connectivity index (χ1v) is 4.62. The van der Waals surface area contributed by atoms with Gasteiger partial charge >= 0.3 is 0 Å². The maximum absolute atomic E-state index is 8.41. The van der Waals surface area contributed by atoms with Gasteiger partial charge in [-0.05, 0) is 22.0 Å². The fourth-order valence-electron chi connectivity index (χ4n) is 0.525. The molecule has 1 rings (SSSR count). The van der Waals surface area contributed by atoms with Crippen molar-refractivity contribution in [2.24, 2.45) is 0 Å². The van der Waals surface area contributed by atoms with E-state index in [0.29, 0.717) is 0 Å². The highest BCUT2D eigenvalue weighted by Crippen LogP contribution is 2.28. The van der Waals surface area contributed by atoms with Gasteiger partial charge in [-0.3, -0.25) is 0 Å². The zero-order valence-electron chi connectivity index (χ0n) is 4.84. The van der Waals surface area contributed by atoms with Gasteiger partial charge in [-0.1, -0.05) is 0 Å². The maximum atomic E-state index is 8.41. The fraction of sp³-hybridized carbons (Fsp3) is 0.167. The molecule has 0 spiro atoms. The van der Waals surface area contributed by atoms with Crippen LogP contribution in [0.5, 0.6) is 0 Å². The largest absolute Gasteiger partial charge is 0.196 e. The van der Waals surface area contributed by atoms with Crippen LogP contribution in [0.4, 0.5) is 0 Å². The number of alkyl halides is 1. The van der Waals surface area contributed by atoms with Gasteiger partial charge in [0.2, 0.25) is 0 Å². The molecule has 0 fully saturated rings. The van der Waals surface area contributed by atoms with E-state index in [0.717, 1.165) is 9.35 Å². The van der Waals surface area contributed by atoms with Crippen LogP contribution in [-0.2, 0) is 0 Å². The highest BCUT2D eigenvalue weighted by molar-refractivity contribution is 9.10. The molecule has 1 unspecified atom stereocenters. The molecule has 1 aromatic heterocycles. The first-order chi connectivity index (χ1) is 4.74. The highest BCUT2D eigenvalue weighted by atomic mass is 79.9. The van der Waals surface area contributed by atoms with Gasteiger partial charge in [-0.15, -0.1) is 22.9 Å². The van der Waals surface area contributed by atoms with Crippen LogP contribution in [0.25, 0.3) is 0 Å². The van der Waals surface area contributed by atoms with Gasteiger partial charge in [-0.25, -0.2) is 0 Å². The molecule has 0 saturated heterocycles. The Bertz CT molecular complexity index is 265. The molecule has 1 atom stereocenters.